The van der Waals surface area contributed by atoms with E-state index in [0.717, 1.165) is 12.5 Å². The van der Waals surface area contributed by atoms with Crippen LogP contribution in [0.3, 0.4) is 0 Å². The average molecular weight is 367 g/mol. The van der Waals surface area contributed by atoms with E-state index in [9.17, 15) is 0 Å². The molecule has 0 amide bonds. The molecule has 1 atom stereocenters. The highest BCUT2D eigenvalue weighted by molar-refractivity contribution is 6.89. The molecule has 0 N–H and O–H groups in total. The van der Waals surface area contributed by atoms with Crippen molar-refractivity contribution in [2.24, 2.45) is 0 Å². The van der Waals surface area contributed by atoms with E-state index < -0.39 is 33.8 Å². The number of rotatable bonds is 10. The molecule has 0 aliphatic heterocycles. The highest BCUT2D eigenvalue weighted by Gasteiger charge is 2.44. The molecule has 0 spiro atoms. The minimum atomic E-state index is -2.13. The van der Waals surface area contributed by atoms with Crippen molar-refractivity contribution in [2.75, 3.05) is 0 Å². The predicted molar refractivity (Wildman–Crippen MR) is 103 cm³/mol. The fraction of sp³-hybridized carbons (Fsp3) is 1.00. The van der Waals surface area contributed by atoms with Crippen molar-refractivity contribution >= 4 is 33.8 Å². The van der Waals surface area contributed by atoms with Gasteiger partial charge < -0.3 is 12.3 Å². The van der Waals surface area contributed by atoms with Crippen LogP contribution >= 0.6 is 0 Å². The lowest BCUT2D eigenvalue weighted by atomic mass is 10.6. The van der Waals surface area contributed by atoms with Crippen LogP contribution in [0.5, 0.6) is 0 Å². The van der Waals surface area contributed by atoms with Gasteiger partial charge in [0, 0.05) is 0 Å². The summed E-state index contributed by atoms with van der Waals surface area (Å²) in [5, 5.41) is 0. The quantitative estimate of drug-likeness (QED) is 0.466. The van der Waals surface area contributed by atoms with Gasteiger partial charge in [-0.3, -0.25) is 0 Å². The van der Waals surface area contributed by atoms with Crippen molar-refractivity contribution < 1.29 is 12.3 Å². The van der Waals surface area contributed by atoms with Crippen LogP contribution in [-0.4, -0.2) is 33.8 Å². The monoisotopic (exact) mass is 366 g/mol. The van der Waals surface area contributed by atoms with Crippen LogP contribution in [0.4, 0.5) is 0 Å². The lowest BCUT2D eigenvalue weighted by Gasteiger charge is -2.41. The Kier molecular flexibility index (Phi) is 8.31. The summed E-state index contributed by atoms with van der Waals surface area (Å²) in [6.45, 7) is 22.5. The summed E-state index contributed by atoms with van der Waals surface area (Å²) < 4.78 is 19.7. The first-order valence-corrected chi connectivity index (χ1v) is 20.2. The average Bonchev–Trinajstić information content (AvgIpc) is 2.08. The summed E-state index contributed by atoms with van der Waals surface area (Å²) in [6, 6.07) is 2.26. The van der Waals surface area contributed by atoms with Gasteiger partial charge in [0.25, 0.3) is 0 Å². The maximum atomic E-state index is 6.63. The fourth-order valence-electron chi connectivity index (χ4n) is 3.08. The fourth-order valence-corrected chi connectivity index (χ4v) is 22.2. The van der Waals surface area contributed by atoms with Crippen molar-refractivity contribution in [3.8, 4) is 0 Å². The highest BCUT2D eigenvalue weighted by Crippen LogP contribution is 2.28. The van der Waals surface area contributed by atoms with Crippen LogP contribution in [0.15, 0.2) is 0 Å². The molecule has 0 rings (SSSR count). The first kappa shape index (κ1) is 21.7. The molecule has 0 saturated carbocycles. The van der Waals surface area contributed by atoms with Crippen molar-refractivity contribution in [1.29, 1.82) is 0 Å². The standard InChI is InChI=1S/C14H38O3Si4/c1-11-13-19(6,7)16-20(8,9)17-21(10,14-12-2)15-18(3,4)5/h11-14H2,1-10H3. The van der Waals surface area contributed by atoms with Crippen molar-refractivity contribution in [2.45, 2.75) is 91.2 Å². The van der Waals surface area contributed by atoms with Gasteiger partial charge in [-0.1, -0.05) is 26.7 Å². The van der Waals surface area contributed by atoms with Gasteiger partial charge in [-0.25, -0.2) is 0 Å². The lowest BCUT2D eigenvalue weighted by Crippen LogP contribution is -2.57. The Morgan fingerprint density at radius 2 is 1.10 bits per heavy atom. The second-order valence-electron chi connectivity index (χ2n) is 8.21. The molecule has 0 saturated heterocycles. The smallest absolute Gasteiger partial charge is 0.315 e. The molecule has 0 bridgehead atoms. The Hall–Kier alpha value is 0.748. The predicted octanol–water partition coefficient (Wildman–Crippen LogP) is 5.67. The SMILES string of the molecule is CCC[Si](C)(C)O[Si](C)(C)O[Si](C)(CCC)O[Si](C)(C)C. The molecule has 1 unspecified atom stereocenters. The van der Waals surface area contributed by atoms with E-state index in [-0.39, 0.29) is 0 Å². The van der Waals surface area contributed by atoms with Crippen LogP contribution in [-0.2, 0) is 12.3 Å². The first-order chi connectivity index (χ1) is 9.24. The third kappa shape index (κ3) is 10.2. The van der Waals surface area contributed by atoms with E-state index in [1.165, 1.54) is 12.5 Å². The van der Waals surface area contributed by atoms with E-state index in [4.69, 9.17) is 12.3 Å². The molecule has 0 aliphatic rings. The molecule has 128 valence electrons. The number of hydrogen-bond donors (Lipinski definition) is 0. The van der Waals surface area contributed by atoms with Crippen LogP contribution in [0.2, 0.25) is 64.5 Å². The third-order valence-electron chi connectivity index (χ3n) is 3.06. The van der Waals surface area contributed by atoms with Crippen LogP contribution < -0.4 is 0 Å². The van der Waals surface area contributed by atoms with E-state index in [1.54, 1.807) is 0 Å². The summed E-state index contributed by atoms with van der Waals surface area (Å²) in [5.74, 6) is 0. The van der Waals surface area contributed by atoms with Gasteiger partial charge in [-0.2, -0.15) is 0 Å². The van der Waals surface area contributed by atoms with E-state index in [0.29, 0.717) is 0 Å². The zero-order chi connectivity index (χ0) is 16.9. The molecule has 0 aromatic rings. The maximum absolute atomic E-state index is 6.63. The molecule has 0 radical (unpaired) electrons. The Balaban J connectivity index is 4.97. The molecule has 0 aromatic heterocycles. The molecule has 0 aromatic carbocycles. The molecular formula is C14H38O3Si4. The Morgan fingerprint density at radius 1 is 0.619 bits per heavy atom. The Bertz CT molecular complexity index is 316. The minimum absolute atomic E-state index is 1.06. The van der Waals surface area contributed by atoms with Crippen molar-refractivity contribution in [3.63, 3.8) is 0 Å². The van der Waals surface area contributed by atoms with Crippen LogP contribution in [0.1, 0.15) is 26.7 Å². The molecule has 0 aliphatic carbocycles. The first-order valence-electron chi connectivity index (χ1n) is 8.35. The summed E-state index contributed by atoms with van der Waals surface area (Å²) in [5.41, 5.74) is 0. The van der Waals surface area contributed by atoms with E-state index in [1.807, 2.05) is 0 Å². The second kappa shape index (κ2) is 8.03. The zero-order valence-corrected chi connectivity index (χ0v) is 20.1. The highest BCUT2D eigenvalue weighted by atomic mass is 28.5. The molecule has 3 nitrogen and oxygen atoms in total. The van der Waals surface area contributed by atoms with Crippen molar-refractivity contribution in [1.82, 2.24) is 0 Å². The molecule has 21 heavy (non-hydrogen) atoms. The Morgan fingerprint density at radius 3 is 1.48 bits per heavy atom. The summed E-state index contributed by atoms with van der Waals surface area (Å²) >= 11 is 0. The molecule has 0 fully saturated rings. The van der Waals surface area contributed by atoms with Gasteiger partial charge in [0.2, 0.25) is 0 Å². The normalized spacial score (nSPS) is 16.9. The van der Waals surface area contributed by atoms with Gasteiger partial charge in [-0.05, 0) is 64.5 Å². The summed E-state index contributed by atoms with van der Waals surface area (Å²) in [4.78, 5) is 0. The topological polar surface area (TPSA) is 27.7 Å². The van der Waals surface area contributed by atoms with Gasteiger partial charge in [-0.15, -0.1) is 0 Å². The molecule has 7 heteroatoms. The summed E-state index contributed by atoms with van der Waals surface area (Å²) in [7, 11) is -7.44. The van der Waals surface area contributed by atoms with Gasteiger partial charge in [0.1, 0.15) is 0 Å². The maximum Gasteiger partial charge on any atom is 0.315 e. The van der Waals surface area contributed by atoms with Gasteiger partial charge in [0.15, 0.2) is 16.6 Å². The zero-order valence-electron chi connectivity index (χ0n) is 16.1. The lowest BCUT2D eigenvalue weighted by molar-refractivity contribution is 0.321. The van der Waals surface area contributed by atoms with E-state index >= 15 is 0 Å². The molecule has 0 heterocycles. The van der Waals surface area contributed by atoms with E-state index in [2.05, 4.69) is 66.2 Å². The van der Waals surface area contributed by atoms with Crippen molar-refractivity contribution in [3.05, 3.63) is 0 Å². The Labute approximate surface area is 137 Å². The summed E-state index contributed by atoms with van der Waals surface area (Å²) in [6.07, 6.45) is 2.31. The number of hydrogen-bond acceptors (Lipinski definition) is 3. The second-order valence-corrected chi connectivity index (χ2v) is 24.5. The molecular weight excluding hydrogens is 328 g/mol. The van der Waals surface area contributed by atoms with Gasteiger partial charge in [0.05, 0.1) is 0 Å². The van der Waals surface area contributed by atoms with Gasteiger partial charge >= 0.3 is 17.1 Å². The van der Waals surface area contributed by atoms with Crippen LogP contribution in [0, 0.1) is 0 Å². The third-order valence-corrected chi connectivity index (χ3v) is 18.2. The van der Waals surface area contributed by atoms with Crippen LogP contribution in [0.25, 0.3) is 0 Å². The largest absolute Gasteiger partial charge is 0.437 e. The minimum Gasteiger partial charge on any atom is -0.437 e.